The number of nitrogen functional groups attached to an aromatic ring is 1. The molecule has 0 aromatic carbocycles. The zero-order chi connectivity index (χ0) is 16.5. The van der Waals surface area contributed by atoms with E-state index in [1.54, 1.807) is 0 Å². The van der Waals surface area contributed by atoms with Gasteiger partial charge in [-0.15, -0.1) is 0 Å². The van der Waals surface area contributed by atoms with Crippen molar-refractivity contribution in [3.8, 4) is 0 Å². The van der Waals surface area contributed by atoms with Crippen molar-refractivity contribution in [2.75, 3.05) is 23.7 Å². The zero-order valence-corrected chi connectivity index (χ0v) is 14.2. The Balaban J connectivity index is 3.04. The number of unbranched alkanes of at least 4 members (excludes halogenated alkanes) is 4. The quantitative estimate of drug-likeness (QED) is 0.650. The minimum absolute atomic E-state index is 0.291. The van der Waals surface area contributed by atoms with Gasteiger partial charge in [-0.25, -0.2) is 4.79 Å². The Morgan fingerprint density at radius 3 is 2.32 bits per heavy atom. The molecule has 0 radical (unpaired) electrons. The molecule has 0 amide bonds. The number of aromatic nitrogens is 2. The van der Waals surface area contributed by atoms with Crippen molar-refractivity contribution in [2.45, 2.75) is 65.8 Å². The molecule has 126 valence electrons. The Hall–Kier alpha value is -1.72. The molecule has 6 nitrogen and oxygen atoms in total. The number of anilines is 2. The number of rotatable bonds is 10. The van der Waals surface area contributed by atoms with Gasteiger partial charge in [0.25, 0.3) is 5.56 Å². The summed E-state index contributed by atoms with van der Waals surface area (Å²) in [5, 5.41) is 0. The van der Waals surface area contributed by atoms with Gasteiger partial charge in [0.15, 0.2) is 0 Å². The van der Waals surface area contributed by atoms with Crippen LogP contribution in [-0.4, -0.2) is 22.6 Å². The second-order valence-electron chi connectivity index (χ2n) is 5.64. The smallest absolute Gasteiger partial charge is 0.330 e. The van der Waals surface area contributed by atoms with Crippen molar-refractivity contribution >= 4 is 11.5 Å². The maximum absolute atomic E-state index is 12.2. The first-order valence-electron chi connectivity index (χ1n) is 8.44. The second-order valence-corrected chi connectivity index (χ2v) is 5.64. The molecule has 0 aliphatic carbocycles. The molecule has 0 saturated heterocycles. The van der Waals surface area contributed by atoms with Crippen LogP contribution in [0.2, 0.25) is 0 Å². The lowest BCUT2D eigenvalue weighted by Crippen LogP contribution is -2.38. The average molecular weight is 310 g/mol. The molecule has 0 unspecified atom stereocenters. The van der Waals surface area contributed by atoms with E-state index >= 15 is 0 Å². The van der Waals surface area contributed by atoms with E-state index in [2.05, 4.69) is 18.8 Å². The first-order chi connectivity index (χ1) is 10.6. The van der Waals surface area contributed by atoms with Crippen LogP contribution in [0.4, 0.5) is 11.5 Å². The molecule has 1 aromatic rings. The molecule has 1 aromatic heterocycles. The Bertz CT molecular complexity index is 562. The summed E-state index contributed by atoms with van der Waals surface area (Å²) in [7, 11) is 0. The van der Waals surface area contributed by atoms with Gasteiger partial charge in [-0.1, -0.05) is 39.5 Å². The average Bonchev–Trinajstić information content (AvgIpc) is 2.49. The van der Waals surface area contributed by atoms with E-state index < -0.39 is 5.69 Å². The Labute approximate surface area is 132 Å². The maximum Gasteiger partial charge on any atom is 0.330 e. The third kappa shape index (κ3) is 4.64. The summed E-state index contributed by atoms with van der Waals surface area (Å²) in [4.78, 5) is 28.5. The Kier molecular flexibility index (Phi) is 7.77. The summed E-state index contributed by atoms with van der Waals surface area (Å²) in [6.07, 6.45) is 6.36. The molecule has 1 rings (SSSR count). The van der Waals surface area contributed by atoms with Crippen LogP contribution in [0.15, 0.2) is 9.59 Å². The molecule has 6 heteroatoms. The number of nitrogens with one attached hydrogen (secondary N) is 1. The number of nitrogens with two attached hydrogens (primary N) is 1. The number of hydrogen-bond donors (Lipinski definition) is 2. The van der Waals surface area contributed by atoms with Crippen molar-refractivity contribution in [2.24, 2.45) is 0 Å². The SMILES string of the molecule is CCCCCCN(CC)c1c(N)n(CCCC)c(=O)[nH]c1=O. The highest BCUT2D eigenvalue weighted by Crippen LogP contribution is 2.17. The Morgan fingerprint density at radius 1 is 1.05 bits per heavy atom. The highest BCUT2D eigenvalue weighted by Gasteiger charge is 2.17. The number of H-pyrrole nitrogens is 1. The summed E-state index contributed by atoms with van der Waals surface area (Å²) in [5.74, 6) is 0.291. The summed E-state index contributed by atoms with van der Waals surface area (Å²) in [6.45, 7) is 8.25. The molecule has 0 fully saturated rings. The number of aromatic amines is 1. The van der Waals surface area contributed by atoms with Gasteiger partial charge in [0.1, 0.15) is 11.5 Å². The fourth-order valence-corrected chi connectivity index (χ4v) is 2.58. The summed E-state index contributed by atoms with van der Waals surface area (Å²) in [6, 6.07) is 0. The number of nitrogens with zero attached hydrogens (tertiary/aromatic N) is 2. The van der Waals surface area contributed by atoms with E-state index in [1.807, 2.05) is 11.8 Å². The predicted octanol–water partition coefficient (Wildman–Crippen LogP) is 2.33. The van der Waals surface area contributed by atoms with Crippen LogP contribution in [-0.2, 0) is 6.54 Å². The van der Waals surface area contributed by atoms with E-state index in [9.17, 15) is 9.59 Å². The fourth-order valence-electron chi connectivity index (χ4n) is 2.58. The maximum atomic E-state index is 12.2. The lowest BCUT2D eigenvalue weighted by atomic mass is 10.2. The minimum Gasteiger partial charge on any atom is -0.383 e. The van der Waals surface area contributed by atoms with Gasteiger partial charge in [-0.3, -0.25) is 14.3 Å². The third-order valence-corrected chi connectivity index (χ3v) is 3.93. The molecule has 0 spiro atoms. The topological polar surface area (TPSA) is 84.1 Å². The lowest BCUT2D eigenvalue weighted by Gasteiger charge is -2.24. The van der Waals surface area contributed by atoms with Gasteiger partial charge < -0.3 is 10.6 Å². The highest BCUT2D eigenvalue weighted by molar-refractivity contribution is 5.62. The van der Waals surface area contributed by atoms with Crippen molar-refractivity contribution in [1.82, 2.24) is 9.55 Å². The first-order valence-corrected chi connectivity index (χ1v) is 8.44. The largest absolute Gasteiger partial charge is 0.383 e. The van der Waals surface area contributed by atoms with Crippen molar-refractivity contribution in [3.63, 3.8) is 0 Å². The van der Waals surface area contributed by atoms with Crippen molar-refractivity contribution < 1.29 is 0 Å². The van der Waals surface area contributed by atoms with Crippen LogP contribution in [0.1, 0.15) is 59.3 Å². The predicted molar refractivity (Wildman–Crippen MR) is 92.7 cm³/mol. The highest BCUT2D eigenvalue weighted by atomic mass is 16.2. The molecule has 3 N–H and O–H groups in total. The normalized spacial score (nSPS) is 10.9. The van der Waals surface area contributed by atoms with Crippen LogP contribution < -0.4 is 21.9 Å². The monoisotopic (exact) mass is 310 g/mol. The number of hydrogen-bond acceptors (Lipinski definition) is 4. The van der Waals surface area contributed by atoms with Crippen LogP contribution in [0.5, 0.6) is 0 Å². The van der Waals surface area contributed by atoms with Crippen LogP contribution in [0.25, 0.3) is 0 Å². The van der Waals surface area contributed by atoms with Crippen LogP contribution >= 0.6 is 0 Å². The van der Waals surface area contributed by atoms with Crippen LogP contribution in [0, 0.1) is 0 Å². The van der Waals surface area contributed by atoms with E-state index in [-0.39, 0.29) is 5.56 Å². The van der Waals surface area contributed by atoms with Crippen molar-refractivity contribution in [1.29, 1.82) is 0 Å². The van der Waals surface area contributed by atoms with Gasteiger partial charge in [0, 0.05) is 19.6 Å². The fraction of sp³-hybridized carbons (Fsp3) is 0.750. The van der Waals surface area contributed by atoms with Gasteiger partial charge in [0.2, 0.25) is 0 Å². The molecular formula is C16H30N4O2. The summed E-state index contributed by atoms with van der Waals surface area (Å²) < 4.78 is 1.48. The first kappa shape index (κ1) is 18.3. The van der Waals surface area contributed by atoms with E-state index in [4.69, 9.17) is 5.73 Å². The summed E-state index contributed by atoms with van der Waals surface area (Å²) >= 11 is 0. The molecule has 0 atom stereocenters. The van der Waals surface area contributed by atoms with Gasteiger partial charge in [-0.2, -0.15) is 0 Å². The third-order valence-electron chi connectivity index (χ3n) is 3.93. The molecule has 1 heterocycles. The second kappa shape index (κ2) is 9.33. The van der Waals surface area contributed by atoms with Gasteiger partial charge >= 0.3 is 5.69 Å². The van der Waals surface area contributed by atoms with Gasteiger partial charge in [-0.05, 0) is 19.8 Å². The van der Waals surface area contributed by atoms with Gasteiger partial charge in [0.05, 0.1) is 0 Å². The van der Waals surface area contributed by atoms with E-state index in [0.29, 0.717) is 24.6 Å². The molecule has 22 heavy (non-hydrogen) atoms. The van der Waals surface area contributed by atoms with E-state index in [1.165, 1.54) is 17.4 Å². The van der Waals surface area contributed by atoms with Crippen LogP contribution in [0.3, 0.4) is 0 Å². The standard InChI is InChI=1S/C16H30N4O2/c1-4-7-9-10-11-19(6-3)13-14(17)20(12-8-5-2)16(22)18-15(13)21/h4-12,17H2,1-3H3,(H,18,21,22). The molecular weight excluding hydrogens is 280 g/mol. The molecule has 0 bridgehead atoms. The minimum atomic E-state index is -0.415. The van der Waals surface area contributed by atoms with E-state index in [0.717, 1.165) is 32.2 Å². The van der Waals surface area contributed by atoms with Crippen molar-refractivity contribution in [3.05, 3.63) is 20.8 Å². The molecule has 0 aliphatic rings. The Morgan fingerprint density at radius 2 is 1.73 bits per heavy atom. The zero-order valence-electron chi connectivity index (χ0n) is 14.2. The molecule has 0 saturated carbocycles. The molecule has 0 aliphatic heterocycles. The summed E-state index contributed by atoms with van der Waals surface area (Å²) in [5.41, 5.74) is 5.78. The lowest BCUT2D eigenvalue weighted by molar-refractivity contribution is 0.599.